The maximum absolute atomic E-state index is 10.3. The lowest BCUT2D eigenvalue weighted by Gasteiger charge is -1.99. The molecule has 0 amide bonds. The summed E-state index contributed by atoms with van der Waals surface area (Å²) >= 11 is 0. The molecule has 0 saturated carbocycles. The predicted molar refractivity (Wildman–Crippen MR) is 261 cm³/mol. The standard InChI is InChI=1S/3C18H34O2/c3*1-2-3-4-5-6-7-8-9-10-11-12-13-14-15-16-17-18(19)20/h3*9-10H,2-8,11-17H2,1H3,(H,19,20). The van der Waals surface area contributed by atoms with Gasteiger partial charge in [-0.1, -0.05) is 211 Å². The molecule has 0 heterocycles. The van der Waals surface area contributed by atoms with Gasteiger partial charge in [0.2, 0.25) is 0 Å². The third-order valence-corrected chi connectivity index (χ3v) is 11.0. The molecule has 354 valence electrons. The summed E-state index contributed by atoms with van der Waals surface area (Å²) in [6.07, 6.45) is 63.7. The Hall–Kier alpha value is -2.37. The Morgan fingerprint density at radius 3 is 0.567 bits per heavy atom. The molecule has 0 aliphatic heterocycles. The highest BCUT2D eigenvalue weighted by molar-refractivity contribution is 5.67. The van der Waals surface area contributed by atoms with E-state index >= 15 is 0 Å². The van der Waals surface area contributed by atoms with Crippen LogP contribution in [0.3, 0.4) is 0 Å². The molecule has 6 nitrogen and oxygen atoms in total. The van der Waals surface area contributed by atoms with Gasteiger partial charge in [-0.3, -0.25) is 14.4 Å². The lowest BCUT2D eigenvalue weighted by Crippen LogP contribution is -1.93. The summed E-state index contributed by atoms with van der Waals surface area (Å²) in [7, 11) is 0. The van der Waals surface area contributed by atoms with Crippen molar-refractivity contribution in [2.45, 2.75) is 290 Å². The predicted octanol–water partition coefficient (Wildman–Crippen LogP) is 18.3. The lowest BCUT2D eigenvalue weighted by molar-refractivity contribution is -0.138. The number of unbranched alkanes of at least 4 members (excludes halogenated alkanes) is 33. The van der Waals surface area contributed by atoms with Crippen LogP contribution in [0, 0.1) is 0 Å². The van der Waals surface area contributed by atoms with E-state index in [1.807, 2.05) is 0 Å². The van der Waals surface area contributed by atoms with E-state index in [4.69, 9.17) is 15.3 Å². The highest BCUT2D eigenvalue weighted by Crippen LogP contribution is 2.13. The van der Waals surface area contributed by atoms with Crippen LogP contribution in [0.5, 0.6) is 0 Å². The fourth-order valence-electron chi connectivity index (χ4n) is 7.04. The number of hydrogen-bond donors (Lipinski definition) is 3. The van der Waals surface area contributed by atoms with Gasteiger partial charge in [0.15, 0.2) is 0 Å². The maximum Gasteiger partial charge on any atom is 0.303 e. The van der Waals surface area contributed by atoms with E-state index in [2.05, 4.69) is 57.2 Å². The Labute approximate surface area is 373 Å². The first-order valence-corrected chi connectivity index (χ1v) is 25.9. The topological polar surface area (TPSA) is 112 Å². The molecule has 3 N–H and O–H groups in total. The molecule has 0 unspecified atom stereocenters. The molecule has 0 saturated heterocycles. The smallest absolute Gasteiger partial charge is 0.303 e. The van der Waals surface area contributed by atoms with Gasteiger partial charge in [-0.15, -0.1) is 0 Å². The molecular formula is C54H102O6. The molecule has 0 aromatic heterocycles. The molecule has 0 aromatic rings. The van der Waals surface area contributed by atoms with E-state index in [9.17, 15) is 14.4 Å². The summed E-state index contributed by atoms with van der Waals surface area (Å²) in [5, 5.41) is 25.5. The second-order valence-corrected chi connectivity index (χ2v) is 17.2. The van der Waals surface area contributed by atoms with Crippen LogP contribution in [0.4, 0.5) is 0 Å². The molecule has 0 spiro atoms. The molecule has 0 bridgehead atoms. The minimum Gasteiger partial charge on any atom is -0.481 e. The van der Waals surface area contributed by atoms with E-state index in [1.54, 1.807) is 0 Å². The number of carboxylic acids is 3. The summed E-state index contributed by atoms with van der Waals surface area (Å²) in [5.74, 6) is -1.99. The number of allylic oxidation sites excluding steroid dienone is 6. The zero-order valence-corrected chi connectivity index (χ0v) is 40.2. The molecule has 60 heavy (non-hydrogen) atoms. The third kappa shape index (κ3) is 70.2. The zero-order chi connectivity index (χ0) is 44.7. The van der Waals surface area contributed by atoms with Gasteiger partial charge in [-0.2, -0.15) is 0 Å². The van der Waals surface area contributed by atoms with E-state index in [-0.39, 0.29) is 0 Å². The highest BCUT2D eigenvalue weighted by Gasteiger charge is 1.98. The number of aliphatic carboxylic acids is 3. The summed E-state index contributed by atoms with van der Waals surface area (Å²) in [4.78, 5) is 31.0. The van der Waals surface area contributed by atoms with Crippen molar-refractivity contribution in [1.29, 1.82) is 0 Å². The molecule has 0 aliphatic carbocycles. The first-order valence-electron chi connectivity index (χ1n) is 25.9. The van der Waals surface area contributed by atoms with Gasteiger partial charge < -0.3 is 15.3 Å². The molecule has 0 aromatic carbocycles. The minimum absolute atomic E-state index is 0.332. The fraction of sp³-hybridized carbons (Fsp3) is 0.833. The van der Waals surface area contributed by atoms with Crippen LogP contribution < -0.4 is 0 Å². The van der Waals surface area contributed by atoms with Gasteiger partial charge in [0, 0.05) is 19.3 Å². The summed E-state index contributed by atoms with van der Waals surface area (Å²) in [5.41, 5.74) is 0. The third-order valence-electron chi connectivity index (χ3n) is 11.0. The maximum atomic E-state index is 10.3. The SMILES string of the molecule is CCCCCCCCC=CCCCCCCCC(=O)O.CCCCCCCCC=CCCCCCCCC(=O)O.CCCCCCCCC=CCCCCCCCC(=O)O. The van der Waals surface area contributed by atoms with Crippen LogP contribution in [0.15, 0.2) is 36.5 Å². The summed E-state index contributed by atoms with van der Waals surface area (Å²) in [6, 6.07) is 0. The number of carbonyl (C=O) groups is 3. The van der Waals surface area contributed by atoms with E-state index in [1.165, 1.54) is 212 Å². The van der Waals surface area contributed by atoms with E-state index in [0.29, 0.717) is 19.3 Å². The highest BCUT2D eigenvalue weighted by atomic mass is 16.4. The van der Waals surface area contributed by atoms with Gasteiger partial charge in [0.25, 0.3) is 0 Å². The number of rotatable bonds is 45. The Bertz CT molecular complexity index is 820. The second-order valence-electron chi connectivity index (χ2n) is 17.2. The normalized spacial score (nSPS) is 11.2. The van der Waals surface area contributed by atoms with E-state index < -0.39 is 17.9 Å². The van der Waals surface area contributed by atoms with Crippen molar-refractivity contribution in [2.24, 2.45) is 0 Å². The van der Waals surface area contributed by atoms with Crippen LogP contribution in [-0.2, 0) is 14.4 Å². The first-order chi connectivity index (χ1) is 29.3. The number of hydrogen-bond acceptors (Lipinski definition) is 3. The van der Waals surface area contributed by atoms with Crippen molar-refractivity contribution in [1.82, 2.24) is 0 Å². The van der Waals surface area contributed by atoms with Crippen LogP contribution in [0.2, 0.25) is 0 Å². The number of carboxylic acid groups (broad SMARTS) is 3. The zero-order valence-electron chi connectivity index (χ0n) is 40.2. The Morgan fingerprint density at radius 2 is 0.400 bits per heavy atom. The lowest BCUT2D eigenvalue weighted by atomic mass is 10.1. The Kier molecular flexibility index (Phi) is 60.6. The van der Waals surface area contributed by atoms with Crippen LogP contribution in [0.1, 0.15) is 290 Å². The first kappa shape index (κ1) is 61.9. The Balaban J connectivity index is -0.000000812. The summed E-state index contributed by atoms with van der Waals surface area (Å²) < 4.78 is 0. The molecule has 0 fully saturated rings. The molecule has 0 rings (SSSR count). The molecular weight excluding hydrogens is 745 g/mol. The van der Waals surface area contributed by atoms with Gasteiger partial charge in [0.05, 0.1) is 0 Å². The van der Waals surface area contributed by atoms with Crippen molar-refractivity contribution in [3.8, 4) is 0 Å². The molecule has 6 heteroatoms. The largest absolute Gasteiger partial charge is 0.481 e. The molecule has 0 aliphatic rings. The van der Waals surface area contributed by atoms with Crippen molar-refractivity contribution < 1.29 is 29.7 Å². The quantitative estimate of drug-likeness (QED) is 0.0416. The van der Waals surface area contributed by atoms with Crippen LogP contribution in [0.25, 0.3) is 0 Å². The molecule has 0 radical (unpaired) electrons. The average molecular weight is 847 g/mol. The van der Waals surface area contributed by atoms with Gasteiger partial charge >= 0.3 is 17.9 Å². The Morgan fingerprint density at radius 1 is 0.250 bits per heavy atom. The van der Waals surface area contributed by atoms with Crippen molar-refractivity contribution in [2.75, 3.05) is 0 Å². The van der Waals surface area contributed by atoms with Crippen LogP contribution >= 0.6 is 0 Å². The summed E-state index contributed by atoms with van der Waals surface area (Å²) in [6.45, 7) is 6.78. The van der Waals surface area contributed by atoms with E-state index in [0.717, 1.165) is 38.5 Å². The average Bonchev–Trinajstić information content (AvgIpc) is 3.22. The second kappa shape index (κ2) is 58.7. The van der Waals surface area contributed by atoms with Crippen molar-refractivity contribution in [3.63, 3.8) is 0 Å². The van der Waals surface area contributed by atoms with Gasteiger partial charge in [-0.25, -0.2) is 0 Å². The van der Waals surface area contributed by atoms with Crippen molar-refractivity contribution >= 4 is 17.9 Å². The van der Waals surface area contributed by atoms with Gasteiger partial charge in [-0.05, 0) is 96.3 Å². The molecule has 0 atom stereocenters. The van der Waals surface area contributed by atoms with Crippen LogP contribution in [-0.4, -0.2) is 33.2 Å². The van der Waals surface area contributed by atoms with Gasteiger partial charge in [0.1, 0.15) is 0 Å². The monoisotopic (exact) mass is 847 g/mol. The fourth-order valence-corrected chi connectivity index (χ4v) is 7.04. The minimum atomic E-state index is -0.664. The van der Waals surface area contributed by atoms with Crippen molar-refractivity contribution in [3.05, 3.63) is 36.5 Å².